The predicted molar refractivity (Wildman–Crippen MR) is 135 cm³/mol. The normalized spacial score (nSPS) is 10.9. The topological polar surface area (TPSA) is 98.9 Å². The molecule has 2 heterocycles. The molecule has 0 fully saturated rings. The second kappa shape index (κ2) is 9.61. The molecule has 172 valence electrons. The Morgan fingerprint density at radius 3 is 2.43 bits per heavy atom. The number of nitrogens with zero attached hydrogens (tertiary/aromatic N) is 2. The third kappa shape index (κ3) is 4.94. The average Bonchev–Trinajstić information content (AvgIpc) is 2.89. The van der Waals surface area contributed by atoms with Gasteiger partial charge in [-0.3, -0.25) is 19.6 Å². The lowest BCUT2D eigenvalue weighted by molar-refractivity contribution is 0.0729. The number of hydrogen-bond donors (Lipinski definition) is 2. The third-order valence-electron chi connectivity index (χ3n) is 5.79. The van der Waals surface area contributed by atoms with Crippen LogP contribution in [0.5, 0.6) is 0 Å². The molecule has 0 aliphatic rings. The van der Waals surface area contributed by atoms with Gasteiger partial charge in [0.1, 0.15) is 0 Å². The molecule has 0 spiro atoms. The van der Waals surface area contributed by atoms with Crippen molar-refractivity contribution in [2.45, 2.75) is 13.1 Å². The zero-order chi connectivity index (χ0) is 24.2. The molecular formula is C28H22N4O3. The van der Waals surface area contributed by atoms with Gasteiger partial charge in [0.2, 0.25) is 0 Å². The highest BCUT2D eigenvalue weighted by molar-refractivity contribution is 5.97. The largest absolute Gasteiger partial charge is 0.330 e. The summed E-state index contributed by atoms with van der Waals surface area (Å²) in [6.07, 6.45) is 2.90. The maximum Gasteiger partial charge on any atom is 0.325 e. The highest BCUT2D eigenvalue weighted by atomic mass is 16.2. The van der Waals surface area contributed by atoms with E-state index in [1.807, 2.05) is 78.9 Å². The smallest absolute Gasteiger partial charge is 0.325 e. The van der Waals surface area contributed by atoms with Gasteiger partial charge in [-0.15, -0.1) is 0 Å². The fourth-order valence-electron chi connectivity index (χ4n) is 4.03. The van der Waals surface area contributed by atoms with Crippen LogP contribution < -0.4 is 11.2 Å². The number of pyridine rings is 1. The molecule has 2 aromatic heterocycles. The van der Waals surface area contributed by atoms with Gasteiger partial charge < -0.3 is 9.88 Å². The van der Waals surface area contributed by atoms with Crippen LogP contribution >= 0.6 is 0 Å². The fraction of sp³-hybridized carbons (Fsp3) is 0.0714. The van der Waals surface area contributed by atoms with Crippen molar-refractivity contribution in [3.63, 3.8) is 0 Å². The summed E-state index contributed by atoms with van der Waals surface area (Å²) in [5.74, 6) is -0.265. The molecule has 5 aromatic rings. The van der Waals surface area contributed by atoms with Crippen molar-refractivity contribution in [3.8, 4) is 11.1 Å². The molecule has 5 rings (SSSR count). The first kappa shape index (κ1) is 22.0. The average molecular weight is 463 g/mol. The monoisotopic (exact) mass is 462 g/mol. The number of H-pyrrole nitrogens is 2. The number of carbonyl (C=O) groups is 1. The van der Waals surface area contributed by atoms with Gasteiger partial charge >= 0.3 is 5.69 Å². The van der Waals surface area contributed by atoms with E-state index in [9.17, 15) is 14.4 Å². The third-order valence-corrected chi connectivity index (χ3v) is 5.79. The Morgan fingerprint density at radius 2 is 1.60 bits per heavy atom. The molecule has 2 N–H and O–H groups in total. The maximum absolute atomic E-state index is 13.6. The number of fused-ring (bicyclic) bond motifs is 1. The molecule has 7 nitrogen and oxygen atoms in total. The summed E-state index contributed by atoms with van der Waals surface area (Å²) < 4.78 is 0. The van der Waals surface area contributed by atoms with Gasteiger partial charge in [0, 0.05) is 24.3 Å². The molecule has 0 unspecified atom stereocenters. The van der Waals surface area contributed by atoms with E-state index >= 15 is 0 Å². The molecule has 0 saturated heterocycles. The molecule has 0 radical (unpaired) electrons. The first-order valence-corrected chi connectivity index (χ1v) is 11.2. The van der Waals surface area contributed by atoms with Gasteiger partial charge in [-0.1, -0.05) is 66.7 Å². The highest BCUT2D eigenvalue weighted by Gasteiger charge is 2.19. The number of aromatic nitrogens is 3. The zero-order valence-electron chi connectivity index (χ0n) is 18.8. The first-order chi connectivity index (χ1) is 17.1. The predicted octanol–water partition coefficient (Wildman–Crippen LogP) is 4.12. The van der Waals surface area contributed by atoms with Gasteiger partial charge in [0.25, 0.3) is 11.5 Å². The molecule has 0 bridgehead atoms. The van der Waals surface area contributed by atoms with E-state index in [0.717, 1.165) is 27.6 Å². The van der Waals surface area contributed by atoms with Crippen LogP contribution in [-0.2, 0) is 13.1 Å². The van der Waals surface area contributed by atoms with E-state index < -0.39 is 11.2 Å². The van der Waals surface area contributed by atoms with Crippen LogP contribution in [0.1, 0.15) is 21.5 Å². The summed E-state index contributed by atoms with van der Waals surface area (Å²) >= 11 is 0. The van der Waals surface area contributed by atoms with Crippen molar-refractivity contribution < 1.29 is 4.79 Å². The van der Waals surface area contributed by atoms with Crippen molar-refractivity contribution in [1.82, 2.24) is 19.9 Å². The van der Waals surface area contributed by atoms with E-state index in [4.69, 9.17) is 0 Å². The van der Waals surface area contributed by atoms with Crippen LogP contribution in [0.2, 0.25) is 0 Å². The summed E-state index contributed by atoms with van der Waals surface area (Å²) in [7, 11) is 0. The van der Waals surface area contributed by atoms with E-state index in [0.29, 0.717) is 5.56 Å². The van der Waals surface area contributed by atoms with Crippen LogP contribution in [0.4, 0.5) is 0 Å². The number of carbonyl (C=O) groups excluding carboxylic acids is 1. The van der Waals surface area contributed by atoms with Crippen LogP contribution in [0.3, 0.4) is 0 Å². The molecule has 3 aromatic carbocycles. The maximum atomic E-state index is 13.6. The number of nitrogens with one attached hydrogen (secondary N) is 2. The zero-order valence-corrected chi connectivity index (χ0v) is 18.8. The Labute approximate surface area is 200 Å². The van der Waals surface area contributed by atoms with E-state index in [1.165, 1.54) is 6.20 Å². The number of amides is 1. The van der Waals surface area contributed by atoms with Crippen LogP contribution in [0.25, 0.3) is 22.0 Å². The standard InChI is InChI=1S/C28H22N4O3/c33-26-24(16-30-28(35)31-26)18-32(27(34)23-14-22-10-4-5-12-25(22)29-15-23)17-19-7-6-11-21(13-19)20-8-2-1-3-9-20/h1-16H,17-18H2,(H2,30,31,33,35). The molecule has 0 aliphatic carbocycles. The number of para-hydroxylation sites is 1. The second-order valence-corrected chi connectivity index (χ2v) is 8.24. The van der Waals surface area contributed by atoms with Crippen molar-refractivity contribution >= 4 is 16.8 Å². The van der Waals surface area contributed by atoms with Crippen LogP contribution in [0, 0.1) is 0 Å². The lowest BCUT2D eigenvalue weighted by atomic mass is 10.0. The Balaban J connectivity index is 1.51. The van der Waals surface area contributed by atoms with Crippen molar-refractivity contribution in [2.24, 2.45) is 0 Å². The summed E-state index contributed by atoms with van der Waals surface area (Å²) in [6.45, 7) is 0.290. The van der Waals surface area contributed by atoms with Crippen LogP contribution in [0.15, 0.2) is 107 Å². The molecule has 0 atom stereocenters. The Kier molecular flexibility index (Phi) is 6.05. The summed E-state index contributed by atoms with van der Waals surface area (Å²) in [6, 6.07) is 27.3. The SMILES string of the molecule is O=C(c1cnc2ccccc2c1)N(Cc1cccc(-c2ccccc2)c1)Cc1c[nH]c(=O)[nH]c1=O. The van der Waals surface area contributed by atoms with Gasteiger partial charge in [0.05, 0.1) is 23.2 Å². The first-order valence-electron chi connectivity index (χ1n) is 11.2. The lowest BCUT2D eigenvalue weighted by Crippen LogP contribution is -2.34. The Morgan fingerprint density at radius 1 is 0.829 bits per heavy atom. The highest BCUT2D eigenvalue weighted by Crippen LogP contribution is 2.22. The molecule has 7 heteroatoms. The van der Waals surface area contributed by atoms with Gasteiger partial charge in [-0.25, -0.2) is 4.79 Å². The van der Waals surface area contributed by atoms with Crippen molar-refractivity contribution in [1.29, 1.82) is 0 Å². The molecule has 0 saturated carbocycles. The molecule has 35 heavy (non-hydrogen) atoms. The lowest BCUT2D eigenvalue weighted by Gasteiger charge is -2.23. The Bertz CT molecular complexity index is 1620. The Hall–Kier alpha value is -4.78. The second-order valence-electron chi connectivity index (χ2n) is 8.24. The van der Waals surface area contributed by atoms with Crippen LogP contribution in [-0.4, -0.2) is 25.8 Å². The summed E-state index contributed by atoms with van der Waals surface area (Å²) in [5, 5.41) is 0.853. The number of benzene rings is 3. The number of aromatic amines is 2. The minimum Gasteiger partial charge on any atom is -0.330 e. The fourth-order valence-corrected chi connectivity index (χ4v) is 4.03. The minimum absolute atomic E-state index is 0.0212. The summed E-state index contributed by atoms with van der Waals surface area (Å²) in [4.78, 5) is 48.2. The van der Waals surface area contributed by atoms with E-state index in [2.05, 4.69) is 15.0 Å². The quantitative estimate of drug-likeness (QED) is 0.397. The molecule has 1 amide bonds. The number of rotatable bonds is 6. The molecule has 0 aliphatic heterocycles. The van der Waals surface area contributed by atoms with Gasteiger partial charge in [-0.05, 0) is 34.9 Å². The summed E-state index contributed by atoms with van der Waals surface area (Å²) in [5.41, 5.74) is 3.40. The van der Waals surface area contributed by atoms with Gasteiger partial charge in [-0.2, -0.15) is 0 Å². The van der Waals surface area contributed by atoms with E-state index in [1.54, 1.807) is 17.2 Å². The van der Waals surface area contributed by atoms with Gasteiger partial charge in [0.15, 0.2) is 0 Å². The molecular weight excluding hydrogens is 440 g/mol. The van der Waals surface area contributed by atoms with Crippen molar-refractivity contribution in [3.05, 3.63) is 135 Å². The minimum atomic E-state index is -0.592. The number of hydrogen-bond acceptors (Lipinski definition) is 4. The van der Waals surface area contributed by atoms with Crippen molar-refractivity contribution in [2.75, 3.05) is 0 Å². The van der Waals surface area contributed by atoms with E-state index in [-0.39, 0.29) is 24.6 Å².